The lowest BCUT2D eigenvalue weighted by Gasteiger charge is -2.23. The molecule has 0 spiro atoms. The van der Waals surface area contributed by atoms with E-state index in [0.29, 0.717) is 0 Å². The van der Waals surface area contributed by atoms with Crippen LogP contribution in [0, 0.1) is 17.1 Å². The lowest BCUT2D eigenvalue weighted by atomic mass is 10.1. The molecule has 0 bridgehead atoms. The number of anilines is 1. The number of nitrogens with one attached hydrogen (secondary N) is 1. The maximum atomic E-state index is 13.7. The summed E-state index contributed by atoms with van der Waals surface area (Å²) in [6.45, 7) is 1.86. The Bertz CT molecular complexity index is 602. The first-order chi connectivity index (χ1) is 9.03. The minimum atomic E-state index is -1.06. The number of hydrogen-bond acceptors (Lipinski definition) is 4. The van der Waals surface area contributed by atoms with Crippen LogP contribution in [0.15, 0.2) is 35.7 Å². The average molecular weight is 276 g/mol. The highest BCUT2D eigenvalue weighted by atomic mass is 32.1. The molecule has 0 aliphatic carbocycles. The van der Waals surface area contributed by atoms with E-state index in [1.807, 2.05) is 23.6 Å². The molecule has 0 aliphatic rings. The van der Waals surface area contributed by atoms with E-state index in [2.05, 4.69) is 5.32 Å². The Kier molecular flexibility index (Phi) is 3.84. The number of aliphatic hydroxyl groups is 1. The van der Waals surface area contributed by atoms with Gasteiger partial charge in [0.15, 0.2) is 0 Å². The Morgan fingerprint density at radius 3 is 2.84 bits per heavy atom. The van der Waals surface area contributed by atoms with Crippen LogP contribution in [-0.4, -0.2) is 11.7 Å². The molecule has 0 unspecified atom stereocenters. The molecular formula is C14H13FN2OS. The summed E-state index contributed by atoms with van der Waals surface area (Å²) < 4.78 is 13.7. The zero-order valence-electron chi connectivity index (χ0n) is 10.4. The van der Waals surface area contributed by atoms with E-state index >= 15 is 0 Å². The van der Waals surface area contributed by atoms with Gasteiger partial charge in [0.1, 0.15) is 11.4 Å². The van der Waals surface area contributed by atoms with E-state index < -0.39 is 11.4 Å². The smallest absolute Gasteiger partial charge is 0.147 e. The SMILES string of the molecule is C[C@](O)(CNc1ccc(C#N)cc1F)c1cccs1. The van der Waals surface area contributed by atoms with Crippen LogP contribution in [0.3, 0.4) is 0 Å². The molecule has 0 aliphatic heterocycles. The first-order valence-corrected chi connectivity index (χ1v) is 6.61. The second-order valence-corrected chi connectivity index (χ2v) is 5.36. The summed E-state index contributed by atoms with van der Waals surface area (Å²) in [7, 11) is 0. The van der Waals surface area contributed by atoms with Gasteiger partial charge in [-0.1, -0.05) is 6.07 Å². The van der Waals surface area contributed by atoms with Crippen molar-refractivity contribution < 1.29 is 9.50 Å². The Labute approximate surface area is 114 Å². The molecule has 0 saturated heterocycles. The van der Waals surface area contributed by atoms with Crippen molar-refractivity contribution in [2.45, 2.75) is 12.5 Å². The number of hydrogen-bond donors (Lipinski definition) is 2. The van der Waals surface area contributed by atoms with Gasteiger partial charge in [-0.25, -0.2) is 4.39 Å². The molecule has 0 radical (unpaired) electrons. The molecule has 2 N–H and O–H groups in total. The predicted octanol–water partition coefficient (Wildman–Crippen LogP) is 3.08. The average Bonchev–Trinajstić information content (AvgIpc) is 2.92. The Balaban J connectivity index is 2.09. The van der Waals surface area contributed by atoms with Crippen molar-refractivity contribution in [1.82, 2.24) is 0 Å². The molecule has 5 heteroatoms. The molecule has 2 rings (SSSR count). The fraction of sp³-hybridized carbons (Fsp3) is 0.214. The van der Waals surface area contributed by atoms with Crippen LogP contribution in [0.4, 0.5) is 10.1 Å². The van der Waals surface area contributed by atoms with Crippen LogP contribution in [0.1, 0.15) is 17.4 Å². The molecule has 2 aromatic rings. The normalized spacial score (nSPS) is 13.6. The van der Waals surface area contributed by atoms with Gasteiger partial charge in [0.2, 0.25) is 0 Å². The van der Waals surface area contributed by atoms with Gasteiger partial charge in [-0.15, -0.1) is 11.3 Å². The Morgan fingerprint density at radius 2 is 2.26 bits per heavy atom. The van der Waals surface area contributed by atoms with Crippen LogP contribution in [0.25, 0.3) is 0 Å². The number of benzene rings is 1. The quantitative estimate of drug-likeness (QED) is 0.902. The zero-order valence-corrected chi connectivity index (χ0v) is 11.2. The minimum absolute atomic E-state index is 0.191. The summed E-state index contributed by atoms with van der Waals surface area (Å²) in [6, 6.07) is 9.77. The molecule has 3 nitrogen and oxygen atoms in total. The third-order valence-corrected chi connectivity index (χ3v) is 3.90. The summed E-state index contributed by atoms with van der Waals surface area (Å²) in [6.07, 6.45) is 0. The van der Waals surface area contributed by atoms with Crippen molar-refractivity contribution >= 4 is 17.0 Å². The van der Waals surface area contributed by atoms with Crippen LogP contribution >= 0.6 is 11.3 Å². The van der Waals surface area contributed by atoms with E-state index in [1.165, 1.54) is 29.5 Å². The van der Waals surface area contributed by atoms with Crippen molar-refractivity contribution in [2.24, 2.45) is 0 Å². The number of rotatable bonds is 4. The molecule has 0 fully saturated rings. The van der Waals surface area contributed by atoms with Gasteiger partial charge in [-0.2, -0.15) is 5.26 Å². The summed E-state index contributed by atoms with van der Waals surface area (Å²) >= 11 is 1.45. The first kappa shape index (κ1) is 13.5. The molecule has 1 aromatic heterocycles. The lowest BCUT2D eigenvalue weighted by Crippen LogP contribution is -2.29. The molecule has 1 heterocycles. The van der Waals surface area contributed by atoms with Gasteiger partial charge in [-0.05, 0) is 36.6 Å². The second kappa shape index (κ2) is 5.39. The highest BCUT2D eigenvalue weighted by Crippen LogP contribution is 2.26. The Morgan fingerprint density at radius 1 is 1.47 bits per heavy atom. The zero-order chi connectivity index (χ0) is 13.9. The van der Waals surface area contributed by atoms with E-state index in [1.54, 1.807) is 6.92 Å². The van der Waals surface area contributed by atoms with Crippen molar-refractivity contribution in [1.29, 1.82) is 5.26 Å². The third kappa shape index (κ3) is 3.11. The maximum absolute atomic E-state index is 13.7. The van der Waals surface area contributed by atoms with Gasteiger partial charge < -0.3 is 10.4 Å². The third-order valence-electron chi connectivity index (χ3n) is 2.77. The highest BCUT2D eigenvalue weighted by Gasteiger charge is 2.24. The van der Waals surface area contributed by atoms with Crippen LogP contribution in [0.5, 0.6) is 0 Å². The van der Waals surface area contributed by atoms with Crippen LogP contribution in [0.2, 0.25) is 0 Å². The van der Waals surface area contributed by atoms with Gasteiger partial charge in [0.05, 0.1) is 17.3 Å². The molecule has 0 amide bonds. The van der Waals surface area contributed by atoms with Gasteiger partial charge >= 0.3 is 0 Å². The summed E-state index contributed by atoms with van der Waals surface area (Å²) in [5.41, 5.74) is -0.516. The summed E-state index contributed by atoms with van der Waals surface area (Å²) in [5, 5.41) is 23.7. The topological polar surface area (TPSA) is 56.0 Å². The monoisotopic (exact) mass is 276 g/mol. The molecule has 98 valence electrons. The van der Waals surface area contributed by atoms with Crippen molar-refractivity contribution in [2.75, 3.05) is 11.9 Å². The van der Waals surface area contributed by atoms with E-state index in [4.69, 9.17) is 5.26 Å². The first-order valence-electron chi connectivity index (χ1n) is 5.73. The number of nitrogens with zero attached hydrogens (tertiary/aromatic N) is 1. The van der Waals surface area contributed by atoms with Crippen molar-refractivity contribution in [3.8, 4) is 6.07 Å². The Hall–Kier alpha value is -1.90. The molecule has 1 atom stereocenters. The van der Waals surface area contributed by atoms with E-state index in [-0.39, 0.29) is 17.8 Å². The molecule has 19 heavy (non-hydrogen) atoms. The predicted molar refractivity (Wildman–Crippen MR) is 73.5 cm³/mol. The number of nitriles is 1. The molecule has 0 saturated carbocycles. The molecule has 1 aromatic carbocycles. The van der Waals surface area contributed by atoms with E-state index in [0.717, 1.165) is 4.88 Å². The number of halogens is 1. The van der Waals surface area contributed by atoms with E-state index in [9.17, 15) is 9.50 Å². The summed E-state index contributed by atoms with van der Waals surface area (Å²) in [4.78, 5) is 0.814. The minimum Gasteiger partial charge on any atom is -0.383 e. The van der Waals surface area contributed by atoms with Crippen LogP contribution in [-0.2, 0) is 5.60 Å². The lowest BCUT2D eigenvalue weighted by molar-refractivity contribution is 0.0754. The molecular weight excluding hydrogens is 263 g/mol. The number of thiophene rings is 1. The summed E-state index contributed by atoms with van der Waals surface area (Å²) in [5.74, 6) is -0.499. The standard InChI is InChI=1S/C14H13FN2OS/c1-14(18,13-3-2-6-19-13)9-17-12-5-4-10(8-16)7-11(12)15/h2-7,17-18H,9H2,1H3/t14-/m0/s1. The fourth-order valence-corrected chi connectivity index (χ4v) is 2.45. The van der Waals surface area contributed by atoms with Crippen molar-refractivity contribution in [3.05, 3.63) is 52.0 Å². The van der Waals surface area contributed by atoms with Gasteiger partial charge in [-0.3, -0.25) is 0 Å². The fourth-order valence-electron chi connectivity index (χ4n) is 1.67. The van der Waals surface area contributed by atoms with Gasteiger partial charge in [0, 0.05) is 11.4 Å². The second-order valence-electron chi connectivity index (χ2n) is 4.41. The largest absolute Gasteiger partial charge is 0.383 e. The maximum Gasteiger partial charge on any atom is 0.147 e. The highest BCUT2D eigenvalue weighted by molar-refractivity contribution is 7.10. The van der Waals surface area contributed by atoms with Crippen molar-refractivity contribution in [3.63, 3.8) is 0 Å². The van der Waals surface area contributed by atoms with Crippen LogP contribution < -0.4 is 5.32 Å². The van der Waals surface area contributed by atoms with Gasteiger partial charge in [0.25, 0.3) is 0 Å².